The first-order chi connectivity index (χ1) is 24.3. The molecule has 0 spiro atoms. The van der Waals surface area contributed by atoms with Crippen molar-refractivity contribution < 1.29 is 59.5 Å². The number of carbonyl (C=O) groups is 1. The molecule has 0 aromatic carbocycles. The average Bonchev–Trinajstić information content (AvgIpc) is 3.08. The molecule has 4 saturated carbocycles. The molecule has 7 N–H and O–H groups in total. The smallest absolute Gasteiger partial charge is 0.310 e. The lowest BCUT2D eigenvalue weighted by atomic mass is 9.33. The Hall–Kier alpha value is -1.19. The van der Waals surface area contributed by atoms with E-state index in [-0.39, 0.29) is 53.3 Å². The molecule has 7 aliphatic rings. The summed E-state index contributed by atoms with van der Waals surface area (Å²) in [6, 6.07) is 0. The third-order valence-corrected chi connectivity index (χ3v) is 16.6. The van der Waals surface area contributed by atoms with Crippen molar-refractivity contribution in [1.29, 1.82) is 0 Å². The van der Waals surface area contributed by atoms with Gasteiger partial charge in [-0.25, -0.2) is 0 Å². The molecule has 52 heavy (non-hydrogen) atoms. The zero-order valence-corrected chi connectivity index (χ0v) is 31.9. The largest absolute Gasteiger partial charge is 0.481 e. The summed E-state index contributed by atoms with van der Waals surface area (Å²) in [4.78, 5) is 13.0. The highest BCUT2D eigenvalue weighted by molar-refractivity contribution is 5.76. The number of hydrogen-bond donors (Lipinski definition) is 7. The molecular weight excluding hydrogens is 672 g/mol. The molecule has 0 bridgehead atoms. The van der Waals surface area contributed by atoms with Crippen molar-refractivity contribution in [2.45, 2.75) is 161 Å². The van der Waals surface area contributed by atoms with Gasteiger partial charge in [0.05, 0.1) is 31.3 Å². The minimum atomic E-state index is -1.59. The number of ether oxygens (including phenoxy) is 4. The molecule has 12 nitrogen and oxygen atoms in total. The van der Waals surface area contributed by atoms with E-state index in [1.165, 1.54) is 5.57 Å². The summed E-state index contributed by atoms with van der Waals surface area (Å²) in [5.41, 5.74) is -0.166. The van der Waals surface area contributed by atoms with Gasteiger partial charge in [0.15, 0.2) is 12.6 Å². The highest BCUT2D eigenvalue weighted by atomic mass is 16.7. The number of aliphatic hydroxyl groups excluding tert-OH is 6. The minimum Gasteiger partial charge on any atom is -0.481 e. The lowest BCUT2D eigenvalue weighted by Crippen LogP contribution is -2.67. The van der Waals surface area contributed by atoms with E-state index in [0.717, 1.165) is 51.4 Å². The highest BCUT2D eigenvalue weighted by Gasteiger charge is 2.70. The number of allylic oxidation sites excluding steroid dienone is 2. The lowest BCUT2D eigenvalue weighted by Gasteiger charge is -2.71. The molecule has 2 saturated heterocycles. The SMILES string of the molecule is CC1(C)CC[C@]2(C(=O)O)CC[C@]3(C)C(=CC[C@@H]4[C@@]5(C)CC[C@H](O[C@H]6OC[C@H](O)[C@@H](O[C@H]7OC[C@H](O)[C@@H](O)[C@@H]7O)[C@@H]6O)[C@@](C)(CO)[C@H]5CC[C@]43C)[C@@H]2C1. The Bertz CT molecular complexity index is 1400. The van der Waals surface area contributed by atoms with Crippen molar-refractivity contribution in [3.05, 3.63) is 11.6 Å². The Balaban J connectivity index is 1.12. The van der Waals surface area contributed by atoms with Crippen molar-refractivity contribution >= 4 is 5.97 Å². The first-order valence-corrected chi connectivity index (χ1v) is 19.8. The van der Waals surface area contributed by atoms with Gasteiger partial charge in [-0.05, 0) is 104 Å². The van der Waals surface area contributed by atoms with Crippen molar-refractivity contribution in [2.75, 3.05) is 19.8 Å². The van der Waals surface area contributed by atoms with Gasteiger partial charge in [-0.15, -0.1) is 0 Å². The quantitative estimate of drug-likeness (QED) is 0.156. The van der Waals surface area contributed by atoms with Crippen LogP contribution in [0.15, 0.2) is 11.6 Å². The number of carboxylic acids is 1. The summed E-state index contributed by atoms with van der Waals surface area (Å²) in [5, 5.41) is 74.4. The van der Waals surface area contributed by atoms with Gasteiger partial charge in [-0.1, -0.05) is 53.2 Å². The molecule has 0 unspecified atom stereocenters. The van der Waals surface area contributed by atoms with E-state index < -0.39 is 72.1 Å². The van der Waals surface area contributed by atoms with Gasteiger partial charge < -0.3 is 54.7 Å². The summed E-state index contributed by atoms with van der Waals surface area (Å²) < 4.78 is 23.5. The lowest BCUT2D eigenvalue weighted by molar-refractivity contribution is -0.348. The molecule has 0 amide bonds. The summed E-state index contributed by atoms with van der Waals surface area (Å²) in [6.45, 7) is 13.3. The second kappa shape index (κ2) is 13.2. The number of carboxylic acid groups (broad SMARTS) is 1. The Morgan fingerprint density at radius 1 is 0.788 bits per heavy atom. The monoisotopic (exact) mass is 736 g/mol. The highest BCUT2D eigenvalue weighted by Crippen LogP contribution is 2.76. The molecule has 5 aliphatic carbocycles. The molecule has 12 heteroatoms. The fourth-order valence-corrected chi connectivity index (χ4v) is 13.1. The van der Waals surface area contributed by atoms with Crippen LogP contribution in [0, 0.1) is 50.2 Å². The van der Waals surface area contributed by atoms with Crippen LogP contribution in [0.2, 0.25) is 0 Å². The number of aliphatic hydroxyl groups is 6. The van der Waals surface area contributed by atoms with Crippen LogP contribution in [-0.4, -0.2) is 117 Å². The fourth-order valence-electron chi connectivity index (χ4n) is 13.1. The molecule has 2 heterocycles. The Kier molecular flexibility index (Phi) is 9.92. The van der Waals surface area contributed by atoms with Crippen LogP contribution >= 0.6 is 0 Å². The maximum atomic E-state index is 13.0. The van der Waals surface area contributed by atoms with Crippen LogP contribution in [0.3, 0.4) is 0 Å². The third-order valence-electron chi connectivity index (χ3n) is 16.6. The Morgan fingerprint density at radius 2 is 1.44 bits per heavy atom. The topological polar surface area (TPSA) is 196 Å². The first-order valence-electron chi connectivity index (χ1n) is 19.8. The van der Waals surface area contributed by atoms with Gasteiger partial charge in [-0.2, -0.15) is 0 Å². The number of fused-ring (bicyclic) bond motifs is 7. The standard InChI is InChI=1S/C40H64O12/c1-35(2)13-15-40(34(47)48)16-14-38(5)21(22(40)17-35)7-8-26-36(3)11-10-27(37(4,20-41)25(36)9-12-39(26,38)6)51-33-30(46)31(24(43)19-50-33)52-32-29(45)28(44)23(42)18-49-32/h7,22-33,41-46H,8-20H2,1-6H3,(H,47,48)/t22-,23-,24-,25-,26+,27-,28+,29-,30-,31+,32+,33+,36-,37-,38+,39+,40-/m0/s1. The third kappa shape index (κ3) is 5.63. The number of hydrogen-bond acceptors (Lipinski definition) is 11. The van der Waals surface area contributed by atoms with Crippen molar-refractivity contribution in [2.24, 2.45) is 50.2 Å². The summed E-state index contributed by atoms with van der Waals surface area (Å²) in [5.74, 6) is -0.157. The summed E-state index contributed by atoms with van der Waals surface area (Å²) in [6.07, 6.45) is -0.635. The van der Waals surface area contributed by atoms with Crippen molar-refractivity contribution in [3.63, 3.8) is 0 Å². The molecule has 0 aromatic heterocycles. The fraction of sp³-hybridized carbons (Fsp3) is 0.925. The van der Waals surface area contributed by atoms with E-state index in [2.05, 4.69) is 47.6 Å². The molecule has 6 fully saturated rings. The van der Waals surface area contributed by atoms with E-state index in [1.54, 1.807) is 0 Å². The van der Waals surface area contributed by atoms with E-state index in [9.17, 15) is 40.5 Å². The van der Waals surface area contributed by atoms with Crippen molar-refractivity contribution in [3.8, 4) is 0 Å². The van der Waals surface area contributed by atoms with Crippen LogP contribution in [0.1, 0.15) is 106 Å². The van der Waals surface area contributed by atoms with Crippen LogP contribution in [-0.2, 0) is 23.7 Å². The van der Waals surface area contributed by atoms with Crippen LogP contribution in [0.5, 0.6) is 0 Å². The van der Waals surface area contributed by atoms with Gasteiger partial charge in [0.25, 0.3) is 0 Å². The molecule has 2 aliphatic heterocycles. The molecular formula is C40H64O12. The summed E-state index contributed by atoms with van der Waals surface area (Å²) in [7, 11) is 0. The Morgan fingerprint density at radius 3 is 2.12 bits per heavy atom. The maximum absolute atomic E-state index is 13.0. The van der Waals surface area contributed by atoms with Gasteiger partial charge >= 0.3 is 5.97 Å². The Labute approximate surface area is 307 Å². The zero-order chi connectivity index (χ0) is 37.8. The van der Waals surface area contributed by atoms with Gasteiger partial charge in [-0.3, -0.25) is 4.79 Å². The van der Waals surface area contributed by atoms with Crippen molar-refractivity contribution in [1.82, 2.24) is 0 Å². The van der Waals surface area contributed by atoms with Gasteiger partial charge in [0, 0.05) is 5.41 Å². The number of rotatable bonds is 6. The van der Waals surface area contributed by atoms with E-state index in [0.29, 0.717) is 18.8 Å². The molecule has 0 radical (unpaired) electrons. The average molecular weight is 737 g/mol. The normalized spacial score (nSPS) is 54.5. The molecule has 17 atom stereocenters. The zero-order valence-electron chi connectivity index (χ0n) is 31.9. The molecule has 296 valence electrons. The van der Waals surface area contributed by atoms with Gasteiger partial charge in [0.2, 0.25) is 0 Å². The molecule has 0 aromatic rings. The minimum absolute atomic E-state index is 0.0421. The van der Waals surface area contributed by atoms with Crippen LogP contribution in [0.4, 0.5) is 0 Å². The first kappa shape index (κ1) is 39.1. The second-order valence-electron chi connectivity index (χ2n) is 19.6. The van der Waals surface area contributed by atoms with Crippen LogP contribution < -0.4 is 0 Å². The predicted molar refractivity (Wildman–Crippen MR) is 187 cm³/mol. The van der Waals surface area contributed by atoms with E-state index >= 15 is 0 Å². The second-order valence-corrected chi connectivity index (χ2v) is 19.6. The van der Waals surface area contributed by atoms with E-state index in [1.807, 2.05) is 0 Å². The predicted octanol–water partition coefficient (Wildman–Crippen LogP) is 3.13. The maximum Gasteiger partial charge on any atom is 0.310 e. The van der Waals surface area contributed by atoms with Crippen LogP contribution in [0.25, 0.3) is 0 Å². The van der Waals surface area contributed by atoms with E-state index in [4.69, 9.17) is 18.9 Å². The number of aliphatic carboxylic acids is 1. The summed E-state index contributed by atoms with van der Waals surface area (Å²) >= 11 is 0. The molecule has 7 rings (SSSR count). The van der Waals surface area contributed by atoms with Gasteiger partial charge in [0.1, 0.15) is 36.6 Å².